The lowest BCUT2D eigenvalue weighted by Crippen LogP contribution is -2.26. The van der Waals surface area contributed by atoms with Crippen LogP contribution in [0.5, 0.6) is 0 Å². The summed E-state index contributed by atoms with van der Waals surface area (Å²) in [6.07, 6.45) is 1.92. The molecule has 0 aliphatic heterocycles. The standard InChI is InChI=1S/C9H15NO3/c1-3-8(11)10-6-7(2)4-5-9(12)13/h3,7H,1,4-6H2,2H3,(H,10,11)(H,12,13). The summed E-state index contributed by atoms with van der Waals surface area (Å²) >= 11 is 0. The van der Waals surface area contributed by atoms with Crippen molar-refractivity contribution < 1.29 is 14.7 Å². The van der Waals surface area contributed by atoms with Crippen LogP contribution >= 0.6 is 0 Å². The first-order valence-corrected chi connectivity index (χ1v) is 4.18. The third-order valence-corrected chi connectivity index (χ3v) is 1.66. The maximum atomic E-state index is 10.7. The van der Waals surface area contributed by atoms with Crippen LogP contribution in [0, 0.1) is 5.92 Å². The number of amides is 1. The van der Waals surface area contributed by atoms with Crippen LogP contribution in [0.4, 0.5) is 0 Å². The first-order chi connectivity index (χ1) is 6.06. The lowest BCUT2D eigenvalue weighted by Gasteiger charge is -2.09. The largest absolute Gasteiger partial charge is 0.481 e. The molecule has 0 aromatic carbocycles. The molecule has 0 saturated heterocycles. The average molecular weight is 185 g/mol. The summed E-state index contributed by atoms with van der Waals surface area (Å²) in [5, 5.41) is 11.0. The number of carbonyl (C=O) groups excluding carboxylic acids is 1. The Morgan fingerprint density at radius 2 is 2.23 bits per heavy atom. The van der Waals surface area contributed by atoms with Gasteiger partial charge in [0.25, 0.3) is 0 Å². The van der Waals surface area contributed by atoms with E-state index in [2.05, 4.69) is 11.9 Å². The highest BCUT2D eigenvalue weighted by Gasteiger charge is 2.05. The zero-order valence-electron chi connectivity index (χ0n) is 7.75. The first-order valence-electron chi connectivity index (χ1n) is 4.18. The van der Waals surface area contributed by atoms with Gasteiger partial charge in [0, 0.05) is 13.0 Å². The van der Waals surface area contributed by atoms with Crippen molar-refractivity contribution in [3.63, 3.8) is 0 Å². The van der Waals surface area contributed by atoms with E-state index in [1.165, 1.54) is 6.08 Å². The Morgan fingerprint density at radius 1 is 1.62 bits per heavy atom. The summed E-state index contributed by atoms with van der Waals surface area (Å²) < 4.78 is 0. The van der Waals surface area contributed by atoms with Crippen LogP contribution in [0.1, 0.15) is 19.8 Å². The minimum atomic E-state index is -0.804. The third kappa shape index (κ3) is 7.05. The smallest absolute Gasteiger partial charge is 0.303 e. The number of aliphatic carboxylic acids is 1. The molecule has 0 aliphatic carbocycles. The van der Waals surface area contributed by atoms with E-state index in [0.717, 1.165) is 0 Å². The van der Waals surface area contributed by atoms with E-state index in [0.29, 0.717) is 13.0 Å². The molecule has 74 valence electrons. The highest BCUT2D eigenvalue weighted by molar-refractivity contribution is 5.86. The highest BCUT2D eigenvalue weighted by atomic mass is 16.4. The Bertz CT molecular complexity index is 201. The fraction of sp³-hybridized carbons (Fsp3) is 0.556. The molecule has 0 saturated carbocycles. The van der Waals surface area contributed by atoms with Gasteiger partial charge in [-0.2, -0.15) is 0 Å². The lowest BCUT2D eigenvalue weighted by atomic mass is 10.1. The maximum Gasteiger partial charge on any atom is 0.303 e. The molecule has 0 heterocycles. The normalized spacial score (nSPS) is 11.8. The van der Waals surface area contributed by atoms with E-state index in [-0.39, 0.29) is 18.2 Å². The van der Waals surface area contributed by atoms with Crippen molar-refractivity contribution in [2.75, 3.05) is 6.54 Å². The number of rotatable bonds is 6. The molecule has 0 spiro atoms. The molecule has 1 amide bonds. The Hall–Kier alpha value is -1.32. The molecule has 2 N–H and O–H groups in total. The van der Waals surface area contributed by atoms with Crippen molar-refractivity contribution in [3.8, 4) is 0 Å². The fourth-order valence-electron chi connectivity index (χ4n) is 0.819. The zero-order valence-corrected chi connectivity index (χ0v) is 7.75. The van der Waals surface area contributed by atoms with E-state index < -0.39 is 5.97 Å². The van der Waals surface area contributed by atoms with Gasteiger partial charge in [-0.25, -0.2) is 0 Å². The predicted molar refractivity (Wildman–Crippen MR) is 49.2 cm³/mol. The third-order valence-electron chi connectivity index (χ3n) is 1.66. The molecule has 0 aliphatic rings. The molecule has 13 heavy (non-hydrogen) atoms. The van der Waals surface area contributed by atoms with Gasteiger partial charge in [0.1, 0.15) is 0 Å². The molecule has 0 fully saturated rings. The van der Waals surface area contributed by atoms with Gasteiger partial charge in [-0.15, -0.1) is 0 Å². The SMILES string of the molecule is C=CC(=O)NCC(C)CCC(=O)O. The van der Waals surface area contributed by atoms with Crippen LogP contribution < -0.4 is 5.32 Å². The van der Waals surface area contributed by atoms with Crippen LogP contribution in [0.3, 0.4) is 0 Å². The summed E-state index contributed by atoms with van der Waals surface area (Å²) in [6.45, 7) is 5.70. The summed E-state index contributed by atoms with van der Waals surface area (Å²) in [7, 11) is 0. The number of carbonyl (C=O) groups is 2. The van der Waals surface area contributed by atoms with Crippen molar-refractivity contribution in [2.45, 2.75) is 19.8 Å². The zero-order chi connectivity index (χ0) is 10.3. The van der Waals surface area contributed by atoms with Gasteiger partial charge in [-0.05, 0) is 18.4 Å². The minimum Gasteiger partial charge on any atom is -0.481 e. The highest BCUT2D eigenvalue weighted by Crippen LogP contribution is 2.03. The van der Waals surface area contributed by atoms with E-state index in [1.54, 1.807) is 0 Å². The molecule has 4 nitrogen and oxygen atoms in total. The number of hydrogen-bond donors (Lipinski definition) is 2. The molecule has 0 rings (SSSR count). The number of carboxylic acids is 1. The van der Waals surface area contributed by atoms with E-state index in [1.807, 2.05) is 6.92 Å². The predicted octanol–water partition coefficient (Wildman–Crippen LogP) is 0.790. The topological polar surface area (TPSA) is 66.4 Å². The number of carboxylic acid groups (broad SMARTS) is 1. The van der Waals surface area contributed by atoms with Crippen LogP contribution in [0.2, 0.25) is 0 Å². The lowest BCUT2D eigenvalue weighted by molar-refractivity contribution is -0.137. The maximum absolute atomic E-state index is 10.7. The second-order valence-electron chi connectivity index (χ2n) is 2.99. The molecule has 0 radical (unpaired) electrons. The Morgan fingerprint density at radius 3 is 2.69 bits per heavy atom. The van der Waals surface area contributed by atoms with E-state index in [4.69, 9.17) is 5.11 Å². The number of nitrogens with one attached hydrogen (secondary N) is 1. The van der Waals surface area contributed by atoms with Crippen molar-refractivity contribution in [2.24, 2.45) is 5.92 Å². The van der Waals surface area contributed by atoms with Gasteiger partial charge in [0.2, 0.25) is 5.91 Å². The molecule has 1 atom stereocenters. The number of hydrogen-bond acceptors (Lipinski definition) is 2. The monoisotopic (exact) mass is 185 g/mol. The van der Waals surface area contributed by atoms with E-state index in [9.17, 15) is 9.59 Å². The van der Waals surface area contributed by atoms with Crippen molar-refractivity contribution >= 4 is 11.9 Å². The molecule has 1 unspecified atom stereocenters. The van der Waals surface area contributed by atoms with Crippen LogP contribution in [-0.2, 0) is 9.59 Å². The molecular formula is C9H15NO3. The van der Waals surface area contributed by atoms with Crippen molar-refractivity contribution in [1.82, 2.24) is 5.32 Å². The molecule has 4 heteroatoms. The Balaban J connectivity index is 3.50. The van der Waals surface area contributed by atoms with Crippen molar-refractivity contribution in [3.05, 3.63) is 12.7 Å². The second kappa shape index (κ2) is 6.22. The van der Waals surface area contributed by atoms with Crippen molar-refractivity contribution in [1.29, 1.82) is 0 Å². The minimum absolute atomic E-state index is 0.144. The average Bonchev–Trinajstić information content (AvgIpc) is 2.10. The van der Waals surface area contributed by atoms with Gasteiger partial charge in [0.05, 0.1) is 0 Å². The van der Waals surface area contributed by atoms with E-state index >= 15 is 0 Å². The second-order valence-corrected chi connectivity index (χ2v) is 2.99. The summed E-state index contributed by atoms with van der Waals surface area (Å²) in [4.78, 5) is 20.9. The molecular weight excluding hydrogens is 170 g/mol. The quantitative estimate of drug-likeness (QED) is 0.601. The summed E-state index contributed by atoms with van der Waals surface area (Å²) in [5.74, 6) is -0.843. The van der Waals surface area contributed by atoms with Gasteiger partial charge in [-0.1, -0.05) is 13.5 Å². The summed E-state index contributed by atoms with van der Waals surface area (Å²) in [5.41, 5.74) is 0. The van der Waals surface area contributed by atoms with Gasteiger partial charge in [0.15, 0.2) is 0 Å². The van der Waals surface area contributed by atoms with Crippen LogP contribution in [0.15, 0.2) is 12.7 Å². The molecule has 0 aromatic rings. The fourth-order valence-corrected chi connectivity index (χ4v) is 0.819. The Kier molecular flexibility index (Phi) is 5.59. The summed E-state index contributed by atoms with van der Waals surface area (Å²) in [6, 6.07) is 0. The van der Waals surface area contributed by atoms with Gasteiger partial charge < -0.3 is 10.4 Å². The first kappa shape index (κ1) is 11.7. The van der Waals surface area contributed by atoms with Crippen LogP contribution in [0.25, 0.3) is 0 Å². The van der Waals surface area contributed by atoms with Gasteiger partial charge in [-0.3, -0.25) is 9.59 Å². The van der Waals surface area contributed by atoms with Crippen LogP contribution in [-0.4, -0.2) is 23.5 Å². The molecule has 0 aromatic heterocycles. The van der Waals surface area contributed by atoms with Gasteiger partial charge >= 0.3 is 5.97 Å². The Labute approximate surface area is 77.6 Å². The molecule has 0 bridgehead atoms.